The van der Waals surface area contributed by atoms with Crippen LogP contribution in [0.3, 0.4) is 0 Å². The Hall–Kier alpha value is -2.84. The first kappa shape index (κ1) is 20.4. The minimum Gasteiger partial charge on any atom is -0.340 e. The maximum Gasteiger partial charge on any atom is 0.244 e. The van der Waals surface area contributed by atoms with Crippen LogP contribution >= 0.6 is 11.3 Å². The first-order chi connectivity index (χ1) is 14.6. The standard InChI is InChI=1S/C22H24N4O3S/c1-16(22-23-21(24-29-22)17-6-3-2-4-7-17)25-11-13-26(14-12-25)20(28)10-9-18(27)19-8-5-15-30-19/h2-8,15-16H,9-14H2,1H3. The fourth-order valence-corrected chi connectivity index (χ4v) is 4.26. The molecule has 1 fully saturated rings. The summed E-state index contributed by atoms with van der Waals surface area (Å²) in [4.78, 5) is 33.9. The van der Waals surface area contributed by atoms with E-state index in [1.165, 1.54) is 11.3 Å². The molecule has 8 heteroatoms. The molecule has 4 rings (SSSR count). The molecule has 1 aliphatic heterocycles. The smallest absolute Gasteiger partial charge is 0.244 e. The maximum atomic E-state index is 12.5. The van der Waals surface area contributed by atoms with E-state index in [2.05, 4.69) is 15.0 Å². The molecule has 7 nitrogen and oxygen atoms in total. The highest BCUT2D eigenvalue weighted by Crippen LogP contribution is 2.23. The molecule has 156 valence electrons. The van der Waals surface area contributed by atoms with E-state index in [0.717, 1.165) is 23.5 Å². The Bertz CT molecular complexity index is 979. The number of piperazine rings is 1. The zero-order valence-electron chi connectivity index (χ0n) is 16.9. The van der Waals surface area contributed by atoms with Gasteiger partial charge in [-0.25, -0.2) is 0 Å². The van der Waals surface area contributed by atoms with Crippen LogP contribution in [0.15, 0.2) is 52.4 Å². The summed E-state index contributed by atoms with van der Waals surface area (Å²) in [6, 6.07) is 13.4. The molecule has 2 aromatic heterocycles. The molecule has 0 radical (unpaired) electrons. The number of amides is 1. The van der Waals surface area contributed by atoms with Crippen molar-refractivity contribution in [3.63, 3.8) is 0 Å². The second-order valence-corrected chi connectivity index (χ2v) is 8.26. The average molecular weight is 425 g/mol. The van der Waals surface area contributed by atoms with Crippen LogP contribution < -0.4 is 0 Å². The van der Waals surface area contributed by atoms with Gasteiger partial charge in [-0.15, -0.1) is 11.3 Å². The van der Waals surface area contributed by atoms with Gasteiger partial charge in [0.2, 0.25) is 17.6 Å². The third-order valence-electron chi connectivity index (χ3n) is 5.41. The average Bonchev–Trinajstić information content (AvgIpc) is 3.50. The van der Waals surface area contributed by atoms with Crippen LogP contribution in [0, 0.1) is 0 Å². The van der Waals surface area contributed by atoms with Gasteiger partial charge in [-0.2, -0.15) is 4.98 Å². The minimum absolute atomic E-state index is 0.0207. The molecule has 0 aliphatic carbocycles. The molecule has 1 aliphatic rings. The van der Waals surface area contributed by atoms with Crippen molar-refractivity contribution in [3.05, 3.63) is 58.6 Å². The number of nitrogens with zero attached hydrogens (tertiary/aromatic N) is 4. The highest BCUT2D eigenvalue weighted by molar-refractivity contribution is 7.12. The topological polar surface area (TPSA) is 79.5 Å². The number of aromatic nitrogens is 2. The minimum atomic E-state index is -0.0207. The van der Waals surface area contributed by atoms with Crippen molar-refractivity contribution in [2.24, 2.45) is 0 Å². The molecule has 1 saturated heterocycles. The van der Waals surface area contributed by atoms with Crippen molar-refractivity contribution < 1.29 is 14.1 Å². The Morgan fingerprint density at radius 3 is 2.53 bits per heavy atom. The number of ketones is 1. The second-order valence-electron chi connectivity index (χ2n) is 7.32. The van der Waals surface area contributed by atoms with Crippen LogP contribution in [0.2, 0.25) is 0 Å². The number of benzene rings is 1. The van der Waals surface area contributed by atoms with Crippen LogP contribution in [0.25, 0.3) is 11.4 Å². The van der Waals surface area contributed by atoms with E-state index in [1.54, 1.807) is 6.07 Å². The lowest BCUT2D eigenvalue weighted by atomic mass is 10.1. The molecule has 1 unspecified atom stereocenters. The van der Waals surface area contributed by atoms with Crippen LogP contribution in [0.1, 0.15) is 41.4 Å². The summed E-state index contributed by atoms with van der Waals surface area (Å²) in [6.07, 6.45) is 0.524. The van der Waals surface area contributed by atoms with Crippen LogP contribution in [-0.2, 0) is 4.79 Å². The fraction of sp³-hybridized carbons (Fsp3) is 0.364. The van der Waals surface area contributed by atoms with E-state index in [4.69, 9.17) is 4.52 Å². The Labute approximate surface area is 179 Å². The summed E-state index contributed by atoms with van der Waals surface area (Å²) in [7, 11) is 0. The molecule has 30 heavy (non-hydrogen) atoms. The van der Waals surface area contributed by atoms with Crippen LogP contribution in [0.5, 0.6) is 0 Å². The van der Waals surface area contributed by atoms with Gasteiger partial charge in [0.25, 0.3) is 0 Å². The summed E-state index contributed by atoms with van der Waals surface area (Å²) in [6.45, 7) is 4.77. The Morgan fingerprint density at radius 2 is 1.83 bits per heavy atom. The molecule has 0 spiro atoms. The number of Topliss-reactive ketones (excluding diaryl/α,β-unsaturated/α-hetero) is 1. The van der Waals surface area contributed by atoms with Crippen LogP contribution in [0.4, 0.5) is 0 Å². The normalized spacial score (nSPS) is 15.8. The highest BCUT2D eigenvalue weighted by Gasteiger charge is 2.28. The second kappa shape index (κ2) is 9.32. The molecule has 0 N–H and O–H groups in total. The molecule has 1 amide bonds. The monoisotopic (exact) mass is 424 g/mol. The molecule has 3 heterocycles. The molecule has 3 aromatic rings. The van der Waals surface area contributed by atoms with Gasteiger partial charge >= 0.3 is 0 Å². The number of hydrogen-bond acceptors (Lipinski definition) is 7. The van der Waals surface area contributed by atoms with E-state index >= 15 is 0 Å². The highest BCUT2D eigenvalue weighted by atomic mass is 32.1. The maximum absolute atomic E-state index is 12.5. The first-order valence-electron chi connectivity index (χ1n) is 10.1. The number of thiophene rings is 1. The van der Waals surface area contributed by atoms with Gasteiger partial charge in [-0.05, 0) is 18.4 Å². The first-order valence-corrected chi connectivity index (χ1v) is 11.0. The van der Waals surface area contributed by atoms with Gasteiger partial charge < -0.3 is 9.42 Å². The molecule has 0 bridgehead atoms. The van der Waals surface area contributed by atoms with Gasteiger partial charge in [0, 0.05) is 44.6 Å². The number of hydrogen-bond donors (Lipinski definition) is 0. The van der Waals surface area contributed by atoms with Gasteiger partial charge in [0.1, 0.15) is 0 Å². The molecular formula is C22H24N4O3S. The van der Waals surface area contributed by atoms with E-state index in [0.29, 0.717) is 24.8 Å². The van der Waals surface area contributed by atoms with Crippen molar-refractivity contribution in [1.29, 1.82) is 0 Å². The van der Waals surface area contributed by atoms with Crippen molar-refractivity contribution >= 4 is 23.0 Å². The zero-order chi connectivity index (χ0) is 20.9. The van der Waals surface area contributed by atoms with Crippen LogP contribution in [-0.4, -0.2) is 57.8 Å². The van der Waals surface area contributed by atoms with E-state index < -0.39 is 0 Å². The lowest BCUT2D eigenvalue weighted by Gasteiger charge is -2.36. The van der Waals surface area contributed by atoms with Gasteiger partial charge in [-0.1, -0.05) is 41.6 Å². The summed E-state index contributed by atoms with van der Waals surface area (Å²) in [5.41, 5.74) is 0.923. The third kappa shape index (κ3) is 4.66. The van der Waals surface area contributed by atoms with Gasteiger partial charge in [0.15, 0.2) is 5.78 Å². The van der Waals surface area contributed by atoms with Gasteiger partial charge in [0.05, 0.1) is 10.9 Å². The molecular weight excluding hydrogens is 400 g/mol. The molecule has 0 saturated carbocycles. The molecule has 1 atom stereocenters. The lowest BCUT2D eigenvalue weighted by molar-refractivity contribution is -0.133. The van der Waals surface area contributed by atoms with Crippen molar-refractivity contribution in [1.82, 2.24) is 19.9 Å². The van der Waals surface area contributed by atoms with E-state index in [-0.39, 0.29) is 30.6 Å². The fourth-order valence-electron chi connectivity index (χ4n) is 3.56. The third-order valence-corrected chi connectivity index (χ3v) is 6.32. The van der Waals surface area contributed by atoms with Crippen molar-refractivity contribution in [3.8, 4) is 11.4 Å². The lowest BCUT2D eigenvalue weighted by Crippen LogP contribution is -2.49. The number of carbonyl (C=O) groups excluding carboxylic acids is 2. The Morgan fingerprint density at radius 1 is 1.07 bits per heavy atom. The van der Waals surface area contributed by atoms with Crippen molar-refractivity contribution in [2.45, 2.75) is 25.8 Å². The van der Waals surface area contributed by atoms with Crippen molar-refractivity contribution in [2.75, 3.05) is 26.2 Å². The number of carbonyl (C=O) groups is 2. The van der Waals surface area contributed by atoms with E-state index in [1.807, 2.05) is 53.6 Å². The zero-order valence-corrected chi connectivity index (χ0v) is 17.7. The SMILES string of the molecule is CC(c1nc(-c2ccccc2)no1)N1CCN(C(=O)CCC(=O)c2cccs2)CC1. The molecule has 1 aromatic carbocycles. The Balaban J connectivity index is 1.27. The Kier molecular flexibility index (Phi) is 6.35. The summed E-state index contributed by atoms with van der Waals surface area (Å²) in [5, 5.41) is 5.98. The summed E-state index contributed by atoms with van der Waals surface area (Å²) >= 11 is 1.42. The quantitative estimate of drug-likeness (QED) is 0.539. The predicted molar refractivity (Wildman–Crippen MR) is 114 cm³/mol. The van der Waals surface area contributed by atoms with Gasteiger partial charge in [-0.3, -0.25) is 14.5 Å². The largest absolute Gasteiger partial charge is 0.340 e. The summed E-state index contributed by atoms with van der Waals surface area (Å²) in [5.74, 6) is 1.24. The van der Waals surface area contributed by atoms with E-state index in [9.17, 15) is 9.59 Å². The number of rotatable bonds is 7. The predicted octanol–water partition coefficient (Wildman–Crippen LogP) is 3.67. The summed E-state index contributed by atoms with van der Waals surface area (Å²) < 4.78 is 5.49.